The molecule has 0 spiro atoms. The summed E-state index contributed by atoms with van der Waals surface area (Å²) in [5, 5.41) is 5.40. The molecule has 1 aromatic heterocycles. The summed E-state index contributed by atoms with van der Waals surface area (Å²) in [7, 11) is 3.38. The maximum Gasteiger partial charge on any atom is 0.0978 e. The van der Waals surface area contributed by atoms with Gasteiger partial charge >= 0.3 is 0 Å². The van der Waals surface area contributed by atoms with Gasteiger partial charge in [0.05, 0.1) is 37.7 Å². The molecule has 1 heterocycles. The first-order valence-corrected chi connectivity index (χ1v) is 8.37. The number of aromatic nitrogens is 2. The monoisotopic (exact) mass is 352 g/mol. The van der Waals surface area contributed by atoms with Crippen LogP contribution in [0.25, 0.3) is 11.3 Å². The Bertz CT molecular complexity index is 628. The van der Waals surface area contributed by atoms with Crippen LogP contribution < -0.4 is 0 Å². The van der Waals surface area contributed by atoms with Crippen LogP contribution in [0.3, 0.4) is 0 Å². The zero-order valence-corrected chi connectivity index (χ0v) is 15.4. The standard InChI is InChI=1S/C18H25ClN2O3/c1-13(22-3)9-21-10-16(12-24-11-14(2)23-4)18(20-21)15-5-7-17(19)8-6-15/h5-8,10,13-14H,9,11-12H2,1-4H3. The average Bonchev–Trinajstić information content (AvgIpc) is 2.97. The number of benzene rings is 1. The lowest BCUT2D eigenvalue weighted by Crippen LogP contribution is -2.15. The van der Waals surface area contributed by atoms with Crippen LogP contribution in [0.5, 0.6) is 0 Å². The Morgan fingerprint density at radius 2 is 1.75 bits per heavy atom. The maximum absolute atomic E-state index is 5.99. The van der Waals surface area contributed by atoms with Gasteiger partial charge in [0.25, 0.3) is 0 Å². The van der Waals surface area contributed by atoms with Crippen LogP contribution in [-0.2, 0) is 27.4 Å². The van der Waals surface area contributed by atoms with Crippen molar-refractivity contribution in [3.63, 3.8) is 0 Å². The van der Waals surface area contributed by atoms with Crippen LogP contribution in [0.4, 0.5) is 0 Å². The Morgan fingerprint density at radius 1 is 1.08 bits per heavy atom. The molecule has 0 saturated carbocycles. The largest absolute Gasteiger partial charge is 0.380 e. The molecule has 1 aromatic carbocycles. The van der Waals surface area contributed by atoms with E-state index in [-0.39, 0.29) is 12.2 Å². The van der Waals surface area contributed by atoms with Crippen molar-refractivity contribution in [2.45, 2.75) is 39.2 Å². The van der Waals surface area contributed by atoms with Gasteiger partial charge in [0.2, 0.25) is 0 Å². The van der Waals surface area contributed by atoms with Crippen molar-refractivity contribution >= 4 is 11.6 Å². The first-order valence-electron chi connectivity index (χ1n) is 7.99. The topological polar surface area (TPSA) is 45.5 Å². The van der Waals surface area contributed by atoms with E-state index in [0.717, 1.165) is 16.8 Å². The summed E-state index contributed by atoms with van der Waals surface area (Å²) >= 11 is 5.99. The van der Waals surface area contributed by atoms with Crippen molar-refractivity contribution in [3.8, 4) is 11.3 Å². The third-order valence-corrected chi connectivity index (χ3v) is 4.07. The van der Waals surface area contributed by atoms with Crippen LogP contribution >= 0.6 is 11.6 Å². The lowest BCUT2D eigenvalue weighted by molar-refractivity contribution is 0.0118. The molecule has 24 heavy (non-hydrogen) atoms. The summed E-state index contributed by atoms with van der Waals surface area (Å²) < 4.78 is 18.2. The van der Waals surface area contributed by atoms with E-state index in [1.165, 1.54) is 0 Å². The van der Waals surface area contributed by atoms with Crippen molar-refractivity contribution in [1.82, 2.24) is 9.78 Å². The smallest absolute Gasteiger partial charge is 0.0978 e. The van der Waals surface area contributed by atoms with Gasteiger partial charge in [0.1, 0.15) is 0 Å². The average molecular weight is 353 g/mol. The van der Waals surface area contributed by atoms with Crippen LogP contribution in [0.1, 0.15) is 19.4 Å². The van der Waals surface area contributed by atoms with Gasteiger partial charge in [-0.05, 0) is 26.0 Å². The molecule has 2 aromatic rings. The highest BCUT2D eigenvalue weighted by Gasteiger charge is 2.13. The fourth-order valence-electron chi connectivity index (χ4n) is 2.25. The molecule has 0 N–H and O–H groups in total. The highest BCUT2D eigenvalue weighted by atomic mass is 35.5. The Morgan fingerprint density at radius 3 is 2.38 bits per heavy atom. The minimum Gasteiger partial charge on any atom is -0.380 e. The van der Waals surface area contributed by atoms with Crippen LogP contribution in [0, 0.1) is 0 Å². The number of nitrogens with zero attached hydrogens (tertiary/aromatic N) is 2. The third-order valence-electron chi connectivity index (χ3n) is 3.81. The second-order valence-corrected chi connectivity index (χ2v) is 6.28. The fraction of sp³-hybridized carbons (Fsp3) is 0.500. The molecule has 0 radical (unpaired) electrons. The van der Waals surface area contributed by atoms with E-state index >= 15 is 0 Å². The molecule has 0 fully saturated rings. The molecule has 2 atom stereocenters. The first-order chi connectivity index (χ1) is 11.5. The molecule has 0 bridgehead atoms. The van der Waals surface area contributed by atoms with Gasteiger partial charge in [0.15, 0.2) is 0 Å². The number of halogens is 1. The number of ether oxygens (including phenoxy) is 3. The van der Waals surface area contributed by atoms with E-state index in [9.17, 15) is 0 Å². The summed E-state index contributed by atoms with van der Waals surface area (Å²) in [6.45, 7) is 5.69. The van der Waals surface area contributed by atoms with Crippen molar-refractivity contribution in [1.29, 1.82) is 0 Å². The molecule has 5 nitrogen and oxygen atoms in total. The van der Waals surface area contributed by atoms with E-state index in [1.54, 1.807) is 14.2 Å². The molecule has 0 saturated heterocycles. The highest BCUT2D eigenvalue weighted by Crippen LogP contribution is 2.24. The van der Waals surface area contributed by atoms with E-state index in [1.807, 2.05) is 49.0 Å². The molecule has 0 aliphatic carbocycles. The zero-order valence-electron chi connectivity index (χ0n) is 14.7. The molecule has 2 unspecified atom stereocenters. The molecule has 6 heteroatoms. The SMILES string of the molecule is COC(C)COCc1cn(CC(C)OC)nc1-c1ccc(Cl)cc1. The predicted octanol–water partition coefficient (Wildman–Crippen LogP) is 3.79. The van der Waals surface area contributed by atoms with Crippen molar-refractivity contribution in [2.24, 2.45) is 0 Å². The molecule has 0 amide bonds. The quantitative estimate of drug-likeness (QED) is 0.688. The van der Waals surface area contributed by atoms with Gasteiger partial charge in [-0.25, -0.2) is 0 Å². The van der Waals surface area contributed by atoms with E-state index < -0.39 is 0 Å². The van der Waals surface area contributed by atoms with Gasteiger partial charge in [0, 0.05) is 36.6 Å². The molecule has 132 valence electrons. The lowest BCUT2D eigenvalue weighted by atomic mass is 10.1. The first kappa shape index (κ1) is 18.9. The minimum absolute atomic E-state index is 0.0625. The molecule has 0 aliphatic rings. The van der Waals surface area contributed by atoms with Gasteiger partial charge in [-0.3, -0.25) is 4.68 Å². The number of methoxy groups -OCH3 is 2. The van der Waals surface area contributed by atoms with Crippen molar-refractivity contribution in [2.75, 3.05) is 20.8 Å². The van der Waals surface area contributed by atoms with E-state index in [4.69, 9.17) is 30.9 Å². The van der Waals surface area contributed by atoms with Crippen LogP contribution in [0.2, 0.25) is 5.02 Å². The fourth-order valence-corrected chi connectivity index (χ4v) is 2.38. The Hall–Kier alpha value is -1.40. The zero-order chi connectivity index (χ0) is 17.5. The molecule has 0 aliphatic heterocycles. The molecule has 2 rings (SSSR count). The number of hydrogen-bond donors (Lipinski definition) is 0. The van der Waals surface area contributed by atoms with Crippen LogP contribution in [0.15, 0.2) is 30.5 Å². The van der Waals surface area contributed by atoms with Crippen molar-refractivity contribution in [3.05, 3.63) is 41.0 Å². The van der Waals surface area contributed by atoms with Crippen molar-refractivity contribution < 1.29 is 14.2 Å². The van der Waals surface area contributed by atoms with Gasteiger partial charge in [-0.2, -0.15) is 5.10 Å². The predicted molar refractivity (Wildman–Crippen MR) is 95.3 cm³/mol. The Balaban J connectivity index is 2.19. The van der Waals surface area contributed by atoms with Gasteiger partial charge < -0.3 is 14.2 Å². The summed E-state index contributed by atoms with van der Waals surface area (Å²) in [5.41, 5.74) is 2.95. The minimum atomic E-state index is 0.0625. The van der Waals surface area contributed by atoms with Gasteiger partial charge in [-0.15, -0.1) is 0 Å². The van der Waals surface area contributed by atoms with E-state index in [2.05, 4.69) is 0 Å². The summed E-state index contributed by atoms with van der Waals surface area (Å²) in [6.07, 6.45) is 2.16. The second kappa shape index (κ2) is 9.18. The molecular weight excluding hydrogens is 328 g/mol. The number of rotatable bonds is 9. The highest BCUT2D eigenvalue weighted by molar-refractivity contribution is 6.30. The third kappa shape index (κ3) is 5.31. The Kier molecular flexibility index (Phi) is 7.24. The molecular formula is C18H25ClN2O3. The summed E-state index contributed by atoms with van der Waals surface area (Å²) in [6, 6.07) is 7.67. The van der Waals surface area contributed by atoms with E-state index in [0.29, 0.717) is 24.8 Å². The van der Waals surface area contributed by atoms with Gasteiger partial charge in [-0.1, -0.05) is 23.7 Å². The lowest BCUT2D eigenvalue weighted by Gasteiger charge is -2.10. The summed E-state index contributed by atoms with van der Waals surface area (Å²) in [4.78, 5) is 0. The second-order valence-electron chi connectivity index (χ2n) is 5.84. The summed E-state index contributed by atoms with van der Waals surface area (Å²) in [5.74, 6) is 0. The normalized spacial score (nSPS) is 13.9. The van der Waals surface area contributed by atoms with Crippen LogP contribution in [-0.4, -0.2) is 42.8 Å². The number of hydrogen-bond acceptors (Lipinski definition) is 4. The Labute approximate surface area is 148 Å². The maximum atomic E-state index is 5.99.